The van der Waals surface area contributed by atoms with Crippen LogP contribution in [0.25, 0.3) is 0 Å². The van der Waals surface area contributed by atoms with Crippen molar-refractivity contribution < 1.29 is 5.11 Å². The molecule has 0 aromatic carbocycles. The Balaban J connectivity index is 2.23. The molecule has 1 N–H and O–H groups in total. The summed E-state index contributed by atoms with van der Waals surface area (Å²) < 4.78 is 1.65. The molecular weight excluding hydrogens is 222 g/mol. The maximum atomic E-state index is 10.5. The number of nitrogens with zero attached hydrogens (tertiary/aromatic N) is 3. The van der Waals surface area contributed by atoms with Crippen molar-refractivity contribution in [3.05, 3.63) is 33.8 Å². The Morgan fingerprint density at radius 3 is 2.81 bits per heavy atom. The van der Waals surface area contributed by atoms with E-state index in [0.717, 1.165) is 16.1 Å². The number of hydrogen-bond acceptors (Lipinski definition) is 4. The van der Waals surface area contributed by atoms with Gasteiger partial charge in [-0.2, -0.15) is 0 Å². The first-order valence-corrected chi connectivity index (χ1v) is 5.99. The highest BCUT2D eigenvalue weighted by atomic mass is 32.1. The van der Waals surface area contributed by atoms with Gasteiger partial charge in [-0.15, -0.1) is 16.4 Å². The molecule has 1 unspecified atom stereocenters. The largest absolute Gasteiger partial charge is 0.384 e. The quantitative estimate of drug-likeness (QED) is 0.882. The van der Waals surface area contributed by atoms with Crippen molar-refractivity contribution in [1.82, 2.24) is 15.0 Å². The summed E-state index contributed by atoms with van der Waals surface area (Å²) >= 11 is 1.58. The first-order chi connectivity index (χ1) is 7.49. The average molecular weight is 237 g/mol. The van der Waals surface area contributed by atoms with Gasteiger partial charge in [-0.3, -0.25) is 4.68 Å². The molecule has 0 aliphatic rings. The molecule has 1 atom stereocenters. The summed E-state index contributed by atoms with van der Waals surface area (Å²) in [5.41, 5.74) is 1.06. The lowest BCUT2D eigenvalue weighted by Gasteiger charge is -2.21. The van der Waals surface area contributed by atoms with E-state index in [1.807, 2.05) is 38.5 Å². The first-order valence-electron chi connectivity index (χ1n) is 5.11. The summed E-state index contributed by atoms with van der Waals surface area (Å²) in [6, 6.07) is 2.02. The van der Waals surface area contributed by atoms with Crippen molar-refractivity contribution >= 4 is 11.3 Å². The molecule has 2 heterocycles. The molecule has 0 aliphatic heterocycles. The van der Waals surface area contributed by atoms with Gasteiger partial charge < -0.3 is 5.11 Å². The minimum absolute atomic E-state index is 0.488. The lowest BCUT2D eigenvalue weighted by atomic mass is 9.96. The number of rotatable bonds is 3. The molecule has 0 amide bonds. The van der Waals surface area contributed by atoms with E-state index in [4.69, 9.17) is 0 Å². The fourth-order valence-electron chi connectivity index (χ4n) is 1.83. The van der Waals surface area contributed by atoms with Crippen molar-refractivity contribution in [1.29, 1.82) is 0 Å². The van der Waals surface area contributed by atoms with Crippen LogP contribution in [0, 0.1) is 6.92 Å². The van der Waals surface area contributed by atoms with E-state index in [0.29, 0.717) is 6.42 Å². The van der Waals surface area contributed by atoms with Crippen LogP contribution in [-0.4, -0.2) is 20.1 Å². The average Bonchev–Trinajstić information content (AvgIpc) is 2.74. The van der Waals surface area contributed by atoms with Crippen LogP contribution in [0.3, 0.4) is 0 Å². The van der Waals surface area contributed by atoms with Gasteiger partial charge in [0.2, 0.25) is 0 Å². The van der Waals surface area contributed by atoms with Crippen LogP contribution in [0.1, 0.15) is 23.1 Å². The Morgan fingerprint density at radius 2 is 2.31 bits per heavy atom. The third kappa shape index (κ3) is 2.15. The Morgan fingerprint density at radius 1 is 1.56 bits per heavy atom. The fourth-order valence-corrected chi connectivity index (χ4v) is 2.82. The van der Waals surface area contributed by atoms with Crippen LogP contribution >= 0.6 is 11.3 Å². The van der Waals surface area contributed by atoms with Gasteiger partial charge >= 0.3 is 0 Å². The molecule has 0 spiro atoms. The molecule has 0 saturated carbocycles. The fraction of sp³-hybridized carbons (Fsp3) is 0.455. The van der Waals surface area contributed by atoms with E-state index in [1.54, 1.807) is 16.0 Å². The first kappa shape index (κ1) is 11.3. The van der Waals surface area contributed by atoms with Crippen molar-refractivity contribution in [3.63, 3.8) is 0 Å². The lowest BCUT2D eigenvalue weighted by Crippen LogP contribution is -2.24. The summed E-state index contributed by atoms with van der Waals surface area (Å²) in [6.45, 7) is 3.83. The van der Waals surface area contributed by atoms with Gasteiger partial charge in [0.25, 0.3) is 0 Å². The van der Waals surface area contributed by atoms with Crippen LogP contribution in [0.5, 0.6) is 0 Å². The van der Waals surface area contributed by atoms with Gasteiger partial charge in [0.05, 0.1) is 5.69 Å². The number of aromatic nitrogens is 3. The summed E-state index contributed by atoms with van der Waals surface area (Å²) in [7, 11) is 1.82. The Hall–Kier alpha value is -1.20. The zero-order valence-corrected chi connectivity index (χ0v) is 10.5. The molecular formula is C11H15N3OS. The molecule has 86 valence electrons. The molecule has 2 aromatic heterocycles. The molecule has 0 radical (unpaired) electrons. The Labute approximate surface area is 98.5 Å². The normalized spacial score (nSPS) is 15.0. The molecule has 0 fully saturated rings. The second-order valence-electron chi connectivity index (χ2n) is 4.27. The highest BCUT2D eigenvalue weighted by Gasteiger charge is 2.27. The zero-order valence-electron chi connectivity index (χ0n) is 9.64. The van der Waals surface area contributed by atoms with E-state index in [2.05, 4.69) is 10.3 Å². The molecule has 5 heteroatoms. The Bertz CT molecular complexity index is 487. The lowest BCUT2D eigenvalue weighted by molar-refractivity contribution is 0.0598. The SMILES string of the molecule is Cc1ccsc1C(C)(O)Cc1cn(C)nn1. The molecule has 4 nitrogen and oxygen atoms in total. The molecule has 0 saturated heterocycles. The minimum atomic E-state index is -0.867. The van der Waals surface area contributed by atoms with Crippen LogP contribution < -0.4 is 0 Å². The van der Waals surface area contributed by atoms with Gasteiger partial charge in [-0.05, 0) is 30.9 Å². The smallest absolute Gasteiger partial charge is 0.102 e. The zero-order chi connectivity index (χ0) is 11.8. The molecule has 2 aromatic rings. The summed E-state index contributed by atoms with van der Waals surface area (Å²) in [6.07, 6.45) is 2.32. The van der Waals surface area contributed by atoms with Crippen LogP contribution in [0.15, 0.2) is 17.6 Å². The maximum Gasteiger partial charge on any atom is 0.102 e. The van der Waals surface area contributed by atoms with E-state index < -0.39 is 5.60 Å². The standard InChI is InChI=1S/C11H15N3OS/c1-8-4-5-16-10(8)11(2,15)6-9-7-14(3)13-12-9/h4-5,7,15H,6H2,1-3H3. The molecule has 0 aliphatic carbocycles. The number of thiophene rings is 1. The predicted octanol–water partition coefficient (Wildman–Crippen LogP) is 1.64. The third-order valence-corrected chi connectivity index (χ3v) is 3.80. The van der Waals surface area contributed by atoms with E-state index in [9.17, 15) is 5.11 Å². The third-order valence-electron chi connectivity index (χ3n) is 2.53. The summed E-state index contributed by atoms with van der Waals surface area (Å²) in [5.74, 6) is 0. The van der Waals surface area contributed by atoms with Crippen molar-refractivity contribution in [3.8, 4) is 0 Å². The number of aliphatic hydroxyl groups is 1. The van der Waals surface area contributed by atoms with Gasteiger partial charge in [0.15, 0.2) is 0 Å². The topological polar surface area (TPSA) is 50.9 Å². The molecule has 0 bridgehead atoms. The summed E-state index contributed by atoms with van der Waals surface area (Å²) in [4.78, 5) is 0.998. The molecule has 2 rings (SSSR count). The highest BCUT2D eigenvalue weighted by molar-refractivity contribution is 7.10. The predicted molar refractivity (Wildman–Crippen MR) is 63.3 cm³/mol. The second-order valence-corrected chi connectivity index (χ2v) is 5.18. The minimum Gasteiger partial charge on any atom is -0.384 e. The monoisotopic (exact) mass is 237 g/mol. The summed E-state index contributed by atoms with van der Waals surface area (Å²) in [5, 5.41) is 20.3. The maximum absolute atomic E-state index is 10.5. The van der Waals surface area contributed by atoms with Gasteiger partial charge in [0, 0.05) is 24.5 Å². The van der Waals surface area contributed by atoms with Crippen LogP contribution in [0.2, 0.25) is 0 Å². The number of aryl methyl sites for hydroxylation is 2. The van der Waals surface area contributed by atoms with Crippen molar-refractivity contribution in [2.45, 2.75) is 25.9 Å². The van der Waals surface area contributed by atoms with Crippen LogP contribution in [0.4, 0.5) is 0 Å². The van der Waals surface area contributed by atoms with E-state index >= 15 is 0 Å². The van der Waals surface area contributed by atoms with Crippen molar-refractivity contribution in [2.75, 3.05) is 0 Å². The molecule has 16 heavy (non-hydrogen) atoms. The Kier molecular flexibility index (Phi) is 2.82. The second kappa shape index (κ2) is 3.99. The van der Waals surface area contributed by atoms with Gasteiger partial charge in [-0.1, -0.05) is 5.21 Å². The van der Waals surface area contributed by atoms with Crippen LogP contribution in [-0.2, 0) is 19.1 Å². The van der Waals surface area contributed by atoms with Crippen molar-refractivity contribution in [2.24, 2.45) is 7.05 Å². The van der Waals surface area contributed by atoms with E-state index in [-0.39, 0.29) is 0 Å². The van der Waals surface area contributed by atoms with Gasteiger partial charge in [0.1, 0.15) is 5.60 Å². The number of hydrogen-bond donors (Lipinski definition) is 1. The van der Waals surface area contributed by atoms with Gasteiger partial charge in [-0.25, -0.2) is 0 Å². The highest BCUT2D eigenvalue weighted by Crippen LogP contribution is 2.31. The van der Waals surface area contributed by atoms with E-state index in [1.165, 1.54) is 0 Å².